The van der Waals surface area contributed by atoms with Crippen LogP contribution in [0.3, 0.4) is 0 Å². The highest BCUT2D eigenvalue weighted by Crippen LogP contribution is 2.35. The second-order valence-electron chi connectivity index (χ2n) is 6.25. The van der Waals surface area contributed by atoms with E-state index in [0.717, 1.165) is 13.1 Å². The molecule has 1 heterocycles. The van der Waals surface area contributed by atoms with Crippen molar-refractivity contribution >= 4 is 0 Å². The summed E-state index contributed by atoms with van der Waals surface area (Å²) in [5.41, 5.74) is 9.05. The fourth-order valence-electron chi connectivity index (χ4n) is 3.67. The first-order valence-electron chi connectivity index (χ1n) is 8.00. The number of hydrogen-bond acceptors (Lipinski definition) is 2. The van der Waals surface area contributed by atoms with E-state index in [0.29, 0.717) is 6.04 Å². The molecule has 1 saturated heterocycles. The van der Waals surface area contributed by atoms with E-state index in [1.807, 2.05) is 0 Å². The third kappa shape index (κ3) is 2.64. The largest absolute Gasteiger partial charge is 0.314 e. The third-order valence-corrected chi connectivity index (χ3v) is 5.37. The Morgan fingerprint density at radius 1 is 0.850 bits per heavy atom. The van der Waals surface area contributed by atoms with E-state index in [-0.39, 0.29) is 0 Å². The topological polar surface area (TPSA) is 15.3 Å². The van der Waals surface area contributed by atoms with Gasteiger partial charge in [-0.1, -0.05) is 6.92 Å². The zero-order valence-electron chi connectivity index (χ0n) is 14.1. The highest BCUT2D eigenvalue weighted by molar-refractivity contribution is 5.50. The molecule has 0 bridgehead atoms. The first-order valence-corrected chi connectivity index (χ1v) is 8.00. The van der Waals surface area contributed by atoms with Crippen molar-refractivity contribution in [3.8, 4) is 0 Å². The maximum absolute atomic E-state index is 3.46. The fourth-order valence-corrected chi connectivity index (χ4v) is 3.67. The third-order valence-electron chi connectivity index (χ3n) is 5.37. The number of benzene rings is 1. The fraction of sp³-hybridized carbons (Fsp3) is 0.667. The van der Waals surface area contributed by atoms with Crippen LogP contribution in [-0.2, 0) is 0 Å². The standard InChI is InChI=1S/C18H30N2/c1-7-17(20-10-8-19-9-11-20)18-15(5)13(3)12(2)14(4)16(18)6/h17,19H,7-11H2,1-6H3/t17-/m0/s1. The summed E-state index contributed by atoms with van der Waals surface area (Å²) in [7, 11) is 0. The lowest BCUT2D eigenvalue weighted by molar-refractivity contribution is 0.168. The van der Waals surface area contributed by atoms with E-state index in [4.69, 9.17) is 0 Å². The second kappa shape index (κ2) is 6.28. The Hall–Kier alpha value is -0.860. The molecule has 0 aliphatic carbocycles. The molecule has 0 spiro atoms. The molecule has 1 atom stereocenters. The zero-order chi connectivity index (χ0) is 14.9. The van der Waals surface area contributed by atoms with Crippen molar-refractivity contribution in [1.82, 2.24) is 10.2 Å². The summed E-state index contributed by atoms with van der Waals surface area (Å²) >= 11 is 0. The number of rotatable bonds is 3. The molecule has 0 aromatic heterocycles. The quantitative estimate of drug-likeness (QED) is 0.906. The smallest absolute Gasteiger partial charge is 0.0352 e. The van der Waals surface area contributed by atoms with Crippen molar-refractivity contribution in [2.24, 2.45) is 0 Å². The van der Waals surface area contributed by atoms with Gasteiger partial charge in [0.15, 0.2) is 0 Å². The highest BCUT2D eigenvalue weighted by atomic mass is 15.2. The van der Waals surface area contributed by atoms with E-state index >= 15 is 0 Å². The van der Waals surface area contributed by atoms with Crippen molar-refractivity contribution in [3.05, 3.63) is 33.4 Å². The molecule has 0 amide bonds. The summed E-state index contributed by atoms with van der Waals surface area (Å²) < 4.78 is 0. The van der Waals surface area contributed by atoms with Crippen LogP contribution in [0.5, 0.6) is 0 Å². The molecule has 20 heavy (non-hydrogen) atoms. The van der Waals surface area contributed by atoms with E-state index < -0.39 is 0 Å². The van der Waals surface area contributed by atoms with Gasteiger partial charge in [0.05, 0.1) is 0 Å². The van der Waals surface area contributed by atoms with E-state index in [1.165, 1.54) is 47.3 Å². The summed E-state index contributed by atoms with van der Waals surface area (Å²) in [6.45, 7) is 18.4. The van der Waals surface area contributed by atoms with Gasteiger partial charge >= 0.3 is 0 Å². The molecule has 0 unspecified atom stereocenters. The van der Waals surface area contributed by atoms with Crippen LogP contribution < -0.4 is 5.32 Å². The van der Waals surface area contributed by atoms with Gasteiger partial charge in [0.2, 0.25) is 0 Å². The van der Waals surface area contributed by atoms with Gasteiger partial charge in [-0.25, -0.2) is 0 Å². The minimum atomic E-state index is 0.579. The van der Waals surface area contributed by atoms with Gasteiger partial charge in [-0.05, 0) is 74.4 Å². The van der Waals surface area contributed by atoms with E-state index in [9.17, 15) is 0 Å². The molecule has 1 aliphatic heterocycles. The van der Waals surface area contributed by atoms with Gasteiger partial charge in [0, 0.05) is 32.2 Å². The molecular weight excluding hydrogens is 244 g/mol. The molecule has 0 saturated carbocycles. The molecule has 2 rings (SSSR count). The minimum Gasteiger partial charge on any atom is -0.314 e. The molecular formula is C18H30N2. The van der Waals surface area contributed by atoms with Crippen molar-refractivity contribution in [2.75, 3.05) is 26.2 Å². The Morgan fingerprint density at radius 3 is 1.75 bits per heavy atom. The number of piperazine rings is 1. The van der Waals surface area contributed by atoms with Crippen LogP contribution in [0.2, 0.25) is 0 Å². The minimum absolute atomic E-state index is 0.579. The number of nitrogens with zero attached hydrogens (tertiary/aromatic N) is 1. The van der Waals surface area contributed by atoms with Gasteiger partial charge in [-0.3, -0.25) is 4.90 Å². The monoisotopic (exact) mass is 274 g/mol. The first kappa shape index (κ1) is 15.5. The lowest BCUT2D eigenvalue weighted by Crippen LogP contribution is -2.45. The summed E-state index contributed by atoms with van der Waals surface area (Å²) in [6, 6.07) is 0.579. The Morgan fingerprint density at radius 2 is 1.30 bits per heavy atom. The van der Waals surface area contributed by atoms with Crippen molar-refractivity contribution in [2.45, 2.75) is 54.0 Å². The Labute approximate surface area is 124 Å². The lowest BCUT2D eigenvalue weighted by atomic mass is 9.85. The highest BCUT2D eigenvalue weighted by Gasteiger charge is 2.25. The summed E-state index contributed by atoms with van der Waals surface area (Å²) in [5.74, 6) is 0. The molecule has 0 radical (unpaired) electrons. The van der Waals surface area contributed by atoms with Gasteiger partial charge in [-0.2, -0.15) is 0 Å². The van der Waals surface area contributed by atoms with Gasteiger partial charge in [-0.15, -0.1) is 0 Å². The summed E-state index contributed by atoms with van der Waals surface area (Å²) in [6.07, 6.45) is 1.20. The Bertz CT molecular complexity index is 456. The van der Waals surface area contributed by atoms with Crippen LogP contribution in [0.25, 0.3) is 0 Å². The Kier molecular flexibility index (Phi) is 4.87. The van der Waals surface area contributed by atoms with Crippen LogP contribution in [0.15, 0.2) is 0 Å². The number of hydrogen-bond donors (Lipinski definition) is 1. The molecule has 1 aromatic rings. The molecule has 2 nitrogen and oxygen atoms in total. The number of nitrogens with one attached hydrogen (secondary N) is 1. The van der Waals surface area contributed by atoms with Gasteiger partial charge in [0.25, 0.3) is 0 Å². The van der Waals surface area contributed by atoms with Crippen molar-refractivity contribution < 1.29 is 0 Å². The summed E-state index contributed by atoms with van der Waals surface area (Å²) in [4.78, 5) is 2.67. The molecule has 1 aliphatic rings. The lowest BCUT2D eigenvalue weighted by Gasteiger charge is -2.37. The van der Waals surface area contributed by atoms with E-state index in [1.54, 1.807) is 5.56 Å². The second-order valence-corrected chi connectivity index (χ2v) is 6.25. The van der Waals surface area contributed by atoms with Crippen LogP contribution in [0.1, 0.15) is 52.8 Å². The van der Waals surface area contributed by atoms with E-state index in [2.05, 4.69) is 51.8 Å². The van der Waals surface area contributed by atoms with Gasteiger partial charge < -0.3 is 5.32 Å². The molecule has 1 aromatic carbocycles. The zero-order valence-corrected chi connectivity index (χ0v) is 14.1. The molecule has 1 N–H and O–H groups in total. The molecule has 112 valence electrons. The maximum atomic E-state index is 3.46. The van der Waals surface area contributed by atoms with Crippen LogP contribution in [0.4, 0.5) is 0 Å². The molecule has 2 heteroatoms. The summed E-state index contributed by atoms with van der Waals surface area (Å²) in [5, 5.41) is 3.46. The molecule has 1 fully saturated rings. The normalized spacial score (nSPS) is 18.3. The average Bonchev–Trinajstić information content (AvgIpc) is 2.48. The average molecular weight is 274 g/mol. The van der Waals surface area contributed by atoms with Crippen molar-refractivity contribution in [1.29, 1.82) is 0 Å². The van der Waals surface area contributed by atoms with Crippen molar-refractivity contribution in [3.63, 3.8) is 0 Å². The SMILES string of the molecule is CC[C@@H](c1c(C)c(C)c(C)c(C)c1C)N1CCNCC1. The first-order chi connectivity index (χ1) is 9.49. The predicted molar refractivity (Wildman–Crippen MR) is 87.6 cm³/mol. The van der Waals surface area contributed by atoms with Gasteiger partial charge in [0.1, 0.15) is 0 Å². The predicted octanol–water partition coefficient (Wildman–Crippen LogP) is 3.59. The van der Waals surface area contributed by atoms with Crippen LogP contribution in [-0.4, -0.2) is 31.1 Å². The Balaban J connectivity index is 2.48. The van der Waals surface area contributed by atoms with Crippen LogP contribution in [0, 0.1) is 34.6 Å². The maximum Gasteiger partial charge on any atom is 0.0352 e. The van der Waals surface area contributed by atoms with Crippen LogP contribution >= 0.6 is 0 Å².